The van der Waals surface area contributed by atoms with Gasteiger partial charge >= 0.3 is 29.2 Å². The second-order valence-electron chi connectivity index (χ2n) is 9.94. The summed E-state index contributed by atoms with van der Waals surface area (Å²) in [6.07, 6.45) is 2.48. The standard InChI is InChI=1S/C28H33N3O9P4S2/c1-22(18-24-6-10-26(38-3)11-7-24)41(45)39-27-14-8-25(9-15-27)19-29-30(2)42(46)40-28-12-4-23(5-13-28)16-17-31(20-43(32,33)34)21-44(35,36)37/h4-15,18-19H,16-17,20-21H2,1-3H3,(H2-2,32,33,34,35,36,37)/p+2/b22-18+,29-19+. The van der Waals surface area contributed by atoms with Crippen LogP contribution in [0.15, 0.2) is 83.2 Å². The number of benzene rings is 3. The molecule has 0 aromatic heterocycles. The van der Waals surface area contributed by atoms with E-state index in [-0.39, 0.29) is 6.54 Å². The summed E-state index contributed by atoms with van der Waals surface area (Å²) in [5.41, 5.74) is 2.63. The maximum absolute atomic E-state index is 11.3. The lowest BCUT2D eigenvalue weighted by atomic mass is 10.1. The highest BCUT2D eigenvalue weighted by Crippen LogP contribution is 2.41. The van der Waals surface area contributed by atoms with E-state index in [1.54, 1.807) is 49.4 Å². The van der Waals surface area contributed by atoms with Gasteiger partial charge < -0.3 is 24.3 Å². The number of allylic oxidation sites excluding steroid dienone is 1. The first-order valence-corrected chi connectivity index (χ1v) is 21.6. The third kappa shape index (κ3) is 14.1. The van der Waals surface area contributed by atoms with E-state index in [9.17, 15) is 28.7 Å². The first-order valence-electron chi connectivity index (χ1n) is 13.5. The molecule has 3 aromatic rings. The fourth-order valence-electron chi connectivity index (χ4n) is 3.83. The van der Waals surface area contributed by atoms with Gasteiger partial charge in [-0.2, -0.15) is 0 Å². The van der Waals surface area contributed by atoms with Crippen molar-refractivity contribution in [3.63, 3.8) is 0 Å². The van der Waals surface area contributed by atoms with Gasteiger partial charge in [-0.05, 0) is 77.7 Å². The normalized spacial score (nSPS) is 13.1. The maximum Gasteiger partial charge on any atom is 0.540 e. The number of nitrogens with zero attached hydrogens (tertiary/aromatic N) is 3. The van der Waals surface area contributed by atoms with Crippen LogP contribution in [0, 0.1) is 0 Å². The quantitative estimate of drug-likeness (QED) is 0.0700. The molecule has 0 fully saturated rings. The number of rotatable bonds is 17. The summed E-state index contributed by atoms with van der Waals surface area (Å²) in [6.45, 7) is 0.752. The van der Waals surface area contributed by atoms with Crippen molar-refractivity contribution in [1.29, 1.82) is 0 Å². The molecule has 3 rings (SSSR count). The average Bonchev–Trinajstić information content (AvgIpc) is 2.98. The molecule has 4 N–H and O–H groups in total. The van der Waals surface area contributed by atoms with Gasteiger partial charge in [-0.25, -0.2) is 0 Å². The van der Waals surface area contributed by atoms with Crippen molar-refractivity contribution in [2.45, 2.75) is 13.3 Å². The molecule has 2 unspecified atom stereocenters. The van der Waals surface area contributed by atoms with Gasteiger partial charge in [0.2, 0.25) is 23.6 Å². The van der Waals surface area contributed by atoms with E-state index < -0.39 is 41.8 Å². The van der Waals surface area contributed by atoms with Crippen LogP contribution in [0.4, 0.5) is 0 Å². The third-order valence-corrected chi connectivity index (χ3v) is 11.6. The fraction of sp³-hybridized carbons (Fsp3) is 0.250. The number of hydrazone groups is 1. The van der Waals surface area contributed by atoms with Crippen LogP contribution < -0.4 is 13.8 Å². The van der Waals surface area contributed by atoms with Gasteiger partial charge in [0, 0.05) is 13.5 Å². The van der Waals surface area contributed by atoms with Gasteiger partial charge in [-0.3, -0.25) is 23.1 Å². The highest BCUT2D eigenvalue weighted by molar-refractivity contribution is 8.05. The molecule has 0 radical (unpaired) electrons. The molecule has 0 saturated carbocycles. The summed E-state index contributed by atoms with van der Waals surface area (Å²) >= 11 is 11.1. The van der Waals surface area contributed by atoms with Gasteiger partial charge in [0.1, 0.15) is 18.3 Å². The molecular weight excluding hydrogens is 710 g/mol. The van der Waals surface area contributed by atoms with E-state index in [0.29, 0.717) is 17.9 Å². The van der Waals surface area contributed by atoms with E-state index in [1.807, 2.05) is 61.5 Å². The molecule has 246 valence electrons. The SMILES string of the molecule is COc1ccc(/C=C(\C)[P+](=S)Oc2ccc(/C=N/N(C)[P+](=S)Oc3ccc(CCN(CP(=O)(O)O)CP(=O)(O)O)cc3)cc2)cc1. The Morgan fingerprint density at radius 1 is 0.826 bits per heavy atom. The largest absolute Gasteiger partial charge is 0.540 e. The molecule has 0 aliphatic heterocycles. The van der Waals surface area contributed by atoms with Gasteiger partial charge in [0.25, 0.3) is 0 Å². The van der Waals surface area contributed by atoms with E-state index in [1.165, 1.54) is 0 Å². The minimum atomic E-state index is -4.49. The lowest BCUT2D eigenvalue weighted by Crippen LogP contribution is -2.28. The van der Waals surface area contributed by atoms with Crippen LogP contribution in [0.5, 0.6) is 17.2 Å². The van der Waals surface area contributed by atoms with Crippen LogP contribution in [0.1, 0.15) is 23.6 Å². The molecule has 0 bridgehead atoms. The zero-order chi connectivity index (χ0) is 33.9. The van der Waals surface area contributed by atoms with Crippen molar-refractivity contribution in [3.8, 4) is 17.2 Å². The molecule has 0 saturated heterocycles. The monoisotopic (exact) mass is 745 g/mol. The molecule has 0 aliphatic rings. The molecular formula is C28H35N3O9P4S2+2. The van der Waals surface area contributed by atoms with Gasteiger partial charge in [0.05, 0.1) is 20.4 Å². The summed E-state index contributed by atoms with van der Waals surface area (Å²) < 4.78 is 41.3. The number of methoxy groups -OCH3 is 1. The van der Waals surface area contributed by atoms with E-state index in [0.717, 1.165) is 32.7 Å². The number of hydrogen-bond donors (Lipinski definition) is 4. The Labute approximate surface area is 280 Å². The minimum absolute atomic E-state index is 0.0464. The summed E-state index contributed by atoms with van der Waals surface area (Å²) in [5.74, 6) is 1.95. The van der Waals surface area contributed by atoms with Gasteiger partial charge in [0.15, 0.2) is 16.8 Å². The van der Waals surface area contributed by atoms with Crippen molar-refractivity contribution in [2.24, 2.45) is 5.10 Å². The molecule has 0 aliphatic carbocycles. The first kappa shape index (κ1) is 38.0. The predicted octanol–water partition coefficient (Wildman–Crippen LogP) is 6.23. The Hall–Kier alpha value is -2.43. The summed E-state index contributed by atoms with van der Waals surface area (Å²) in [6, 6.07) is 22.0. The van der Waals surface area contributed by atoms with Crippen LogP contribution in [0.2, 0.25) is 0 Å². The van der Waals surface area contributed by atoms with Crippen LogP contribution in [-0.4, -0.2) is 68.7 Å². The highest BCUT2D eigenvalue weighted by Gasteiger charge is 2.26. The summed E-state index contributed by atoms with van der Waals surface area (Å²) in [7, 11) is -7.17. The van der Waals surface area contributed by atoms with Crippen LogP contribution in [0.3, 0.4) is 0 Å². The fourth-order valence-corrected chi connectivity index (χ4v) is 7.58. The lowest BCUT2D eigenvalue weighted by Gasteiger charge is -2.22. The van der Waals surface area contributed by atoms with Crippen molar-refractivity contribution in [3.05, 3.63) is 94.8 Å². The smallest absolute Gasteiger partial charge is 0.497 e. The second kappa shape index (κ2) is 17.6. The van der Waals surface area contributed by atoms with Crippen molar-refractivity contribution in [2.75, 3.05) is 33.3 Å². The number of hydrogen-bond acceptors (Lipinski definition) is 9. The molecule has 18 heteroatoms. The average molecular weight is 746 g/mol. The van der Waals surface area contributed by atoms with E-state index in [2.05, 4.69) is 5.10 Å². The molecule has 0 heterocycles. The minimum Gasteiger partial charge on any atom is -0.497 e. The Kier molecular flexibility index (Phi) is 14.6. The first-order chi connectivity index (χ1) is 21.6. The van der Waals surface area contributed by atoms with Gasteiger partial charge in [-0.15, -0.1) is 5.10 Å². The highest BCUT2D eigenvalue weighted by atomic mass is 32.4. The molecule has 2 atom stereocenters. The lowest BCUT2D eigenvalue weighted by molar-refractivity contribution is 0.279. The maximum atomic E-state index is 11.3. The van der Waals surface area contributed by atoms with Crippen molar-refractivity contribution in [1.82, 2.24) is 9.68 Å². The van der Waals surface area contributed by atoms with E-state index in [4.69, 9.17) is 37.4 Å². The Morgan fingerprint density at radius 3 is 1.87 bits per heavy atom. The zero-order valence-electron chi connectivity index (χ0n) is 25.2. The molecule has 3 aromatic carbocycles. The topological polar surface area (TPSA) is 162 Å². The molecule has 12 nitrogen and oxygen atoms in total. The summed E-state index contributed by atoms with van der Waals surface area (Å²) in [5, 5.41) is 5.35. The van der Waals surface area contributed by atoms with Gasteiger partial charge in [-0.1, -0.05) is 29.0 Å². The van der Waals surface area contributed by atoms with Crippen LogP contribution in [-0.2, 0) is 39.2 Å². The second-order valence-corrected chi connectivity index (χ2v) is 17.7. The van der Waals surface area contributed by atoms with E-state index >= 15 is 0 Å². The Bertz CT molecular complexity index is 1620. The molecule has 0 amide bonds. The summed E-state index contributed by atoms with van der Waals surface area (Å²) in [4.78, 5) is 37.9. The van der Waals surface area contributed by atoms with Crippen molar-refractivity contribution < 1.29 is 42.5 Å². The molecule has 46 heavy (non-hydrogen) atoms. The van der Waals surface area contributed by atoms with Crippen molar-refractivity contribution >= 4 is 65.1 Å². The van der Waals surface area contributed by atoms with Crippen LogP contribution >= 0.6 is 29.2 Å². The predicted molar refractivity (Wildman–Crippen MR) is 189 cm³/mol. The Balaban J connectivity index is 1.49. The third-order valence-electron chi connectivity index (χ3n) is 6.05. The zero-order valence-corrected chi connectivity index (χ0v) is 30.4. The molecule has 0 spiro atoms. The number of ether oxygens (including phenoxy) is 1. The Morgan fingerprint density at radius 2 is 1.33 bits per heavy atom. The van der Waals surface area contributed by atoms with Crippen LogP contribution in [0.25, 0.3) is 6.08 Å².